The first-order chi connectivity index (χ1) is 12.6. The molecule has 7 heteroatoms. The SMILES string of the molecule is COC(=O)c1ccc(Nc2nc(C)cc(NCc3ccncc3)n2)cc1. The lowest BCUT2D eigenvalue weighted by molar-refractivity contribution is 0.0601. The molecule has 0 aliphatic carbocycles. The zero-order chi connectivity index (χ0) is 18.4. The number of methoxy groups -OCH3 is 1. The second-order valence-electron chi connectivity index (χ2n) is 5.62. The second-order valence-corrected chi connectivity index (χ2v) is 5.62. The van der Waals surface area contributed by atoms with E-state index < -0.39 is 0 Å². The van der Waals surface area contributed by atoms with E-state index in [9.17, 15) is 4.79 Å². The molecule has 0 aliphatic heterocycles. The maximum Gasteiger partial charge on any atom is 0.337 e. The molecule has 2 heterocycles. The van der Waals surface area contributed by atoms with E-state index in [0.717, 1.165) is 22.8 Å². The van der Waals surface area contributed by atoms with Crippen molar-refractivity contribution >= 4 is 23.4 Å². The number of ether oxygens (including phenoxy) is 1. The van der Waals surface area contributed by atoms with Crippen molar-refractivity contribution in [2.75, 3.05) is 17.7 Å². The first-order valence-corrected chi connectivity index (χ1v) is 8.08. The lowest BCUT2D eigenvalue weighted by Gasteiger charge is -2.10. The van der Waals surface area contributed by atoms with Gasteiger partial charge in [0.15, 0.2) is 0 Å². The van der Waals surface area contributed by atoms with E-state index in [-0.39, 0.29) is 5.97 Å². The number of aryl methyl sites for hydroxylation is 1. The molecule has 0 saturated carbocycles. The number of esters is 1. The number of benzene rings is 1. The lowest BCUT2D eigenvalue weighted by atomic mass is 10.2. The largest absolute Gasteiger partial charge is 0.465 e. The van der Waals surface area contributed by atoms with Gasteiger partial charge in [0.05, 0.1) is 12.7 Å². The highest BCUT2D eigenvalue weighted by atomic mass is 16.5. The number of anilines is 3. The molecule has 0 aliphatic rings. The lowest BCUT2D eigenvalue weighted by Crippen LogP contribution is -2.06. The van der Waals surface area contributed by atoms with E-state index in [1.807, 2.05) is 25.1 Å². The fourth-order valence-electron chi connectivity index (χ4n) is 2.34. The van der Waals surface area contributed by atoms with Gasteiger partial charge in [-0.05, 0) is 48.9 Å². The van der Waals surface area contributed by atoms with Gasteiger partial charge >= 0.3 is 5.97 Å². The van der Waals surface area contributed by atoms with Gasteiger partial charge in [-0.1, -0.05) is 0 Å². The molecule has 3 rings (SSSR count). The van der Waals surface area contributed by atoms with E-state index >= 15 is 0 Å². The van der Waals surface area contributed by atoms with Crippen LogP contribution in [0.4, 0.5) is 17.5 Å². The maximum atomic E-state index is 11.5. The standard InChI is InChI=1S/C19H19N5O2/c1-13-11-17(21-12-14-7-9-20-10-8-14)24-19(22-13)23-16-5-3-15(4-6-16)18(25)26-2/h3-11H,12H2,1-2H3,(H2,21,22,23,24). The van der Waals surface area contributed by atoms with Gasteiger partial charge in [-0.15, -0.1) is 0 Å². The number of aromatic nitrogens is 3. The first-order valence-electron chi connectivity index (χ1n) is 8.08. The average Bonchev–Trinajstić information content (AvgIpc) is 2.67. The number of hydrogen-bond donors (Lipinski definition) is 2. The van der Waals surface area contributed by atoms with E-state index in [0.29, 0.717) is 18.1 Å². The molecule has 0 saturated heterocycles. The van der Waals surface area contributed by atoms with Gasteiger partial charge in [-0.25, -0.2) is 9.78 Å². The quantitative estimate of drug-likeness (QED) is 0.660. The fourth-order valence-corrected chi connectivity index (χ4v) is 2.34. The summed E-state index contributed by atoms with van der Waals surface area (Å²) in [5.41, 5.74) is 3.22. The number of carbonyl (C=O) groups is 1. The highest BCUT2D eigenvalue weighted by molar-refractivity contribution is 5.89. The molecule has 0 bridgehead atoms. The Morgan fingerprint density at radius 3 is 2.50 bits per heavy atom. The van der Waals surface area contributed by atoms with Crippen molar-refractivity contribution in [3.05, 3.63) is 71.7 Å². The predicted octanol–water partition coefficient (Wildman–Crippen LogP) is 3.32. The minimum Gasteiger partial charge on any atom is -0.465 e. The van der Waals surface area contributed by atoms with Gasteiger partial charge in [0.1, 0.15) is 5.82 Å². The molecule has 2 N–H and O–H groups in total. The van der Waals surface area contributed by atoms with E-state index in [4.69, 9.17) is 4.74 Å². The predicted molar refractivity (Wildman–Crippen MR) is 99.4 cm³/mol. The summed E-state index contributed by atoms with van der Waals surface area (Å²) in [5, 5.41) is 6.42. The molecule has 7 nitrogen and oxygen atoms in total. The monoisotopic (exact) mass is 349 g/mol. The van der Waals surface area contributed by atoms with Crippen molar-refractivity contribution in [2.24, 2.45) is 0 Å². The van der Waals surface area contributed by atoms with Crippen molar-refractivity contribution < 1.29 is 9.53 Å². The minimum absolute atomic E-state index is 0.369. The third-order valence-corrected chi connectivity index (χ3v) is 3.64. The van der Waals surface area contributed by atoms with E-state index in [1.165, 1.54) is 7.11 Å². The van der Waals surface area contributed by atoms with Gasteiger partial charge < -0.3 is 15.4 Å². The van der Waals surface area contributed by atoms with Crippen molar-refractivity contribution in [1.29, 1.82) is 0 Å². The summed E-state index contributed by atoms with van der Waals surface area (Å²) < 4.78 is 4.69. The summed E-state index contributed by atoms with van der Waals surface area (Å²) in [7, 11) is 1.36. The minimum atomic E-state index is -0.369. The van der Waals surface area contributed by atoms with E-state index in [1.54, 1.807) is 36.7 Å². The number of nitrogens with one attached hydrogen (secondary N) is 2. The summed E-state index contributed by atoms with van der Waals surface area (Å²) in [6.45, 7) is 2.55. The summed E-state index contributed by atoms with van der Waals surface area (Å²) in [6.07, 6.45) is 3.51. The first kappa shape index (κ1) is 17.3. The molecular formula is C19H19N5O2. The Morgan fingerprint density at radius 2 is 1.81 bits per heavy atom. The van der Waals surface area contributed by atoms with Gasteiger partial charge in [-0.3, -0.25) is 4.98 Å². The molecule has 26 heavy (non-hydrogen) atoms. The summed E-state index contributed by atoms with van der Waals surface area (Å²) in [6, 6.07) is 12.7. The summed E-state index contributed by atoms with van der Waals surface area (Å²) in [4.78, 5) is 24.4. The average molecular weight is 349 g/mol. The third kappa shape index (κ3) is 4.54. The summed E-state index contributed by atoms with van der Waals surface area (Å²) >= 11 is 0. The molecule has 0 fully saturated rings. The number of carbonyl (C=O) groups excluding carboxylic acids is 1. The summed E-state index contributed by atoms with van der Waals surface area (Å²) in [5.74, 6) is 0.835. The Kier molecular flexibility index (Phi) is 5.38. The van der Waals surface area contributed by atoms with Crippen LogP contribution in [0.2, 0.25) is 0 Å². The number of hydrogen-bond acceptors (Lipinski definition) is 7. The molecule has 3 aromatic rings. The molecule has 0 amide bonds. The molecule has 1 aromatic carbocycles. The Balaban J connectivity index is 1.70. The molecule has 0 atom stereocenters. The second kappa shape index (κ2) is 8.06. The van der Waals surface area contributed by atoms with E-state index in [2.05, 4.69) is 25.6 Å². The van der Waals surface area contributed by atoms with Crippen LogP contribution in [-0.4, -0.2) is 28.0 Å². The normalized spacial score (nSPS) is 10.2. The van der Waals surface area contributed by atoms with Crippen molar-refractivity contribution in [3.8, 4) is 0 Å². The Hall–Kier alpha value is -3.48. The molecule has 0 spiro atoms. The van der Waals surface area contributed by atoms with Crippen molar-refractivity contribution in [1.82, 2.24) is 15.0 Å². The van der Waals surface area contributed by atoms with Crippen LogP contribution in [0.1, 0.15) is 21.6 Å². The van der Waals surface area contributed by atoms with Crippen LogP contribution in [0.3, 0.4) is 0 Å². The Morgan fingerprint density at radius 1 is 1.08 bits per heavy atom. The topological polar surface area (TPSA) is 89.0 Å². The Bertz CT molecular complexity index is 882. The number of pyridine rings is 1. The number of nitrogens with zero attached hydrogens (tertiary/aromatic N) is 3. The van der Waals surface area contributed by atoms with Crippen LogP contribution < -0.4 is 10.6 Å². The van der Waals surface area contributed by atoms with Gasteiger partial charge in [0.2, 0.25) is 5.95 Å². The number of rotatable bonds is 6. The fraction of sp³-hybridized carbons (Fsp3) is 0.158. The van der Waals surface area contributed by atoms with Crippen LogP contribution in [0.25, 0.3) is 0 Å². The molecule has 132 valence electrons. The highest BCUT2D eigenvalue weighted by Crippen LogP contribution is 2.17. The van der Waals surface area contributed by atoms with Crippen LogP contribution in [0.15, 0.2) is 54.9 Å². The third-order valence-electron chi connectivity index (χ3n) is 3.64. The van der Waals surface area contributed by atoms with Crippen molar-refractivity contribution in [3.63, 3.8) is 0 Å². The van der Waals surface area contributed by atoms with Crippen molar-refractivity contribution in [2.45, 2.75) is 13.5 Å². The molecular weight excluding hydrogens is 330 g/mol. The van der Waals surface area contributed by atoms with Crippen LogP contribution in [-0.2, 0) is 11.3 Å². The smallest absolute Gasteiger partial charge is 0.337 e. The van der Waals surface area contributed by atoms with Crippen LogP contribution in [0.5, 0.6) is 0 Å². The molecule has 2 aromatic heterocycles. The Labute approximate surface area is 151 Å². The molecule has 0 radical (unpaired) electrons. The van der Waals surface area contributed by atoms with Gasteiger partial charge in [-0.2, -0.15) is 4.98 Å². The van der Waals surface area contributed by atoms with Crippen LogP contribution in [0, 0.1) is 6.92 Å². The van der Waals surface area contributed by atoms with Crippen LogP contribution >= 0.6 is 0 Å². The molecule has 0 unspecified atom stereocenters. The highest BCUT2D eigenvalue weighted by Gasteiger charge is 2.06. The van der Waals surface area contributed by atoms with Gasteiger partial charge in [0, 0.05) is 36.4 Å². The zero-order valence-corrected chi connectivity index (χ0v) is 14.6. The maximum absolute atomic E-state index is 11.5. The zero-order valence-electron chi connectivity index (χ0n) is 14.6. The van der Waals surface area contributed by atoms with Gasteiger partial charge in [0.25, 0.3) is 0 Å².